The van der Waals surface area contributed by atoms with E-state index in [9.17, 15) is 0 Å². The molecule has 0 heterocycles. The van der Waals surface area contributed by atoms with E-state index in [-0.39, 0.29) is 0 Å². The van der Waals surface area contributed by atoms with Crippen LogP contribution in [0, 0.1) is 0 Å². The molecule has 0 bridgehead atoms. The van der Waals surface area contributed by atoms with Gasteiger partial charge in [-0.3, -0.25) is 0 Å². The van der Waals surface area contributed by atoms with E-state index >= 15 is 0 Å². The van der Waals surface area contributed by atoms with Crippen LogP contribution in [0.15, 0.2) is 24.3 Å². The maximum atomic E-state index is 6.28. The van der Waals surface area contributed by atoms with Gasteiger partial charge in [0.1, 0.15) is 0 Å². The molecule has 0 saturated carbocycles. The number of benzene rings is 1. The minimum absolute atomic E-state index is 0.428. The molecule has 0 fully saturated rings. The Labute approximate surface area is 116 Å². The van der Waals surface area contributed by atoms with E-state index in [0.29, 0.717) is 5.92 Å². The molecule has 0 aliphatic rings. The third-order valence-electron chi connectivity index (χ3n) is 2.98. The Hall–Kier alpha value is -0.570. The van der Waals surface area contributed by atoms with Crippen LogP contribution in [0.25, 0.3) is 0 Å². The molecule has 102 valence electrons. The van der Waals surface area contributed by atoms with Gasteiger partial charge in [0.05, 0.1) is 0 Å². The summed E-state index contributed by atoms with van der Waals surface area (Å²) in [6.07, 6.45) is 2.16. The Balaban J connectivity index is 2.60. The monoisotopic (exact) mass is 269 g/mol. The van der Waals surface area contributed by atoms with Crippen LogP contribution in [-0.2, 0) is 4.74 Å². The van der Waals surface area contributed by atoms with E-state index in [1.807, 2.05) is 19.1 Å². The SMILES string of the molecule is CCCNCC(CCOCC)c1ccccc1Cl. The Morgan fingerprint density at radius 2 is 2.06 bits per heavy atom. The van der Waals surface area contributed by atoms with E-state index in [1.165, 1.54) is 5.56 Å². The van der Waals surface area contributed by atoms with E-state index < -0.39 is 0 Å². The Morgan fingerprint density at radius 3 is 2.72 bits per heavy atom. The van der Waals surface area contributed by atoms with Crippen LogP contribution in [0.1, 0.15) is 38.2 Å². The van der Waals surface area contributed by atoms with Gasteiger partial charge in [0.2, 0.25) is 0 Å². The molecule has 0 aliphatic heterocycles. The lowest BCUT2D eigenvalue weighted by Crippen LogP contribution is -2.23. The summed E-state index contributed by atoms with van der Waals surface area (Å²) in [5.74, 6) is 0.428. The molecule has 1 rings (SSSR count). The molecule has 3 heteroatoms. The third kappa shape index (κ3) is 5.38. The molecule has 1 aromatic carbocycles. The van der Waals surface area contributed by atoms with Crippen molar-refractivity contribution >= 4 is 11.6 Å². The number of rotatable bonds is 9. The maximum Gasteiger partial charge on any atom is 0.0472 e. The van der Waals surface area contributed by atoms with Gasteiger partial charge in [-0.2, -0.15) is 0 Å². The van der Waals surface area contributed by atoms with Crippen molar-refractivity contribution in [1.29, 1.82) is 0 Å². The van der Waals surface area contributed by atoms with Crippen molar-refractivity contribution in [3.8, 4) is 0 Å². The van der Waals surface area contributed by atoms with Crippen molar-refractivity contribution in [2.45, 2.75) is 32.6 Å². The lowest BCUT2D eigenvalue weighted by Gasteiger charge is -2.19. The number of hydrogen-bond acceptors (Lipinski definition) is 2. The van der Waals surface area contributed by atoms with Crippen molar-refractivity contribution in [2.75, 3.05) is 26.3 Å². The molecule has 1 unspecified atom stereocenters. The van der Waals surface area contributed by atoms with E-state index in [0.717, 1.165) is 44.2 Å². The van der Waals surface area contributed by atoms with Gasteiger partial charge in [-0.25, -0.2) is 0 Å². The summed E-state index contributed by atoms with van der Waals surface area (Å²) in [5, 5.41) is 4.33. The molecule has 0 radical (unpaired) electrons. The molecule has 1 atom stereocenters. The zero-order valence-electron chi connectivity index (χ0n) is 11.4. The zero-order valence-corrected chi connectivity index (χ0v) is 12.2. The first-order chi connectivity index (χ1) is 8.79. The highest BCUT2D eigenvalue weighted by Crippen LogP contribution is 2.26. The first-order valence-electron chi connectivity index (χ1n) is 6.82. The zero-order chi connectivity index (χ0) is 13.2. The molecule has 0 saturated heterocycles. The smallest absolute Gasteiger partial charge is 0.0472 e. The average molecular weight is 270 g/mol. The highest BCUT2D eigenvalue weighted by molar-refractivity contribution is 6.31. The molecule has 2 nitrogen and oxygen atoms in total. The minimum Gasteiger partial charge on any atom is -0.382 e. The molecule has 0 aliphatic carbocycles. The Morgan fingerprint density at radius 1 is 1.28 bits per heavy atom. The summed E-state index contributed by atoms with van der Waals surface area (Å²) in [6.45, 7) is 7.79. The molecule has 1 N–H and O–H groups in total. The summed E-state index contributed by atoms with van der Waals surface area (Å²) in [7, 11) is 0. The van der Waals surface area contributed by atoms with Crippen LogP contribution < -0.4 is 5.32 Å². The number of hydrogen-bond donors (Lipinski definition) is 1. The lowest BCUT2D eigenvalue weighted by molar-refractivity contribution is 0.139. The predicted molar refractivity (Wildman–Crippen MR) is 78.5 cm³/mol. The fourth-order valence-electron chi connectivity index (χ4n) is 2.00. The van der Waals surface area contributed by atoms with Gasteiger partial charge in [-0.1, -0.05) is 36.7 Å². The molecular formula is C15H24ClNO. The van der Waals surface area contributed by atoms with E-state index in [1.54, 1.807) is 0 Å². The predicted octanol–water partition coefficient (Wildman–Crippen LogP) is 3.85. The second kappa shape index (κ2) is 9.37. The van der Waals surface area contributed by atoms with Gasteiger partial charge in [-0.15, -0.1) is 0 Å². The summed E-state index contributed by atoms with van der Waals surface area (Å²) >= 11 is 6.28. The van der Waals surface area contributed by atoms with Crippen LogP contribution >= 0.6 is 11.6 Å². The average Bonchev–Trinajstić information content (AvgIpc) is 2.38. The molecule has 0 spiro atoms. The van der Waals surface area contributed by atoms with Crippen LogP contribution in [0.3, 0.4) is 0 Å². The number of halogens is 1. The summed E-state index contributed by atoms with van der Waals surface area (Å²) < 4.78 is 5.46. The highest BCUT2D eigenvalue weighted by Gasteiger charge is 2.13. The maximum absolute atomic E-state index is 6.28. The Bertz CT molecular complexity index is 320. The minimum atomic E-state index is 0.428. The van der Waals surface area contributed by atoms with Crippen molar-refractivity contribution in [3.05, 3.63) is 34.9 Å². The van der Waals surface area contributed by atoms with Crippen molar-refractivity contribution in [2.24, 2.45) is 0 Å². The summed E-state index contributed by atoms with van der Waals surface area (Å²) in [5.41, 5.74) is 1.22. The topological polar surface area (TPSA) is 21.3 Å². The van der Waals surface area contributed by atoms with Crippen LogP contribution in [-0.4, -0.2) is 26.3 Å². The lowest BCUT2D eigenvalue weighted by atomic mass is 9.96. The molecular weight excluding hydrogens is 246 g/mol. The second-order valence-corrected chi connectivity index (χ2v) is 4.82. The first-order valence-corrected chi connectivity index (χ1v) is 7.20. The molecule has 0 amide bonds. The number of nitrogens with one attached hydrogen (secondary N) is 1. The van der Waals surface area contributed by atoms with Gasteiger partial charge in [0, 0.05) is 24.8 Å². The van der Waals surface area contributed by atoms with Gasteiger partial charge < -0.3 is 10.1 Å². The normalized spacial score (nSPS) is 12.6. The second-order valence-electron chi connectivity index (χ2n) is 4.41. The van der Waals surface area contributed by atoms with Gasteiger partial charge in [-0.05, 0) is 43.9 Å². The first kappa shape index (κ1) is 15.5. The quantitative estimate of drug-likeness (QED) is 0.688. The van der Waals surface area contributed by atoms with Gasteiger partial charge in [0.15, 0.2) is 0 Å². The standard InChI is InChI=1S/C15H24ClNO/c1-3-10-17-12-13(9-11-18-4-2)14-7-5-6-8-15(14)16/h5-8,13,17H,3-4,9-12H2,1-2H3. The van der Waals surface area contributed by atoms with Crippen LogP contribution in [0.4, 0.5) is 0 Å². The van der Waals surface area contributed by atoms with Crippen molar-refractivity contribution in [3.63, 3.8) is 0 Å². The third-order valence-corrected chi connectivity index (χ3v) is 3.32. The van der Waals surface area contributed by atoms with E-state index in [2.05, 4.69) is 24.4 Å². The van der Waals surface area contributed by atoms with Gasteiger partial charge >= 0.3 is 0 Å². The van der Waals surface area contributed by atoms with Gasteiger partial charge in [0.25, 0.3) is 0 Å². The van der Waals surface area contributed by atoms with Crippen LogP contribution in [0.5, 0.6) is 0 Å². The molecule has 1 aromatic rings. The van der Waals surface area contributed by atoms with Crippen molar-refractivity contribution in [1.82, 2.24) is 5.32 Å². The highest BCUT2D eigenvalue weighted by atomic mass is 35.5. The summed E-state index contributed by atoms with van der Waals surface area (Å²) in [6, 6.07) is 8.11. The molecule has 18 heavy (non-hydrogen) atoms. The fraction of sp³-hybridized carbons (Fsp3) is 0.600. The summed E-state index contributed by atoms with van der Waals surface area (Å²) in [4.78, 5) is 0. The van der Waals surface area contributed by atoms with Crippen LogP contribution in [0.2, 0.25) is 5.02 Å². The van der Waals surface area contributed by atoms with E-state index in [4.69, 9.17) is 16.3 Å². The largest absolute Gasteiger partial charge is 0.382 e. The number of ether oxygens (including phenoxy) is 1. The fourth-order valence-corrected chi connectivity index (χ4v) is 2.29. The molecule has 0 aromatic heterocycles. The van der Waals surface area contributed by atoms with Crippen molar-refractivity contribution < 1.29 is 4.74 Å². The Kier molecular flexibility index (Phi) is 8.06.